The van der Waals surface area contributed by atoms with E-state index < -0.39 is 0 Å². The average Bonchev–Trinajstić information content (AvgIpc) is 3.21. The van der Waals surface area contributed by atoms with Crippen molar-refractivity contribution in [3.8, 4) is 0 Å². The number of hydrogen-bond donors (Lipinski definition) is 1. The third kappa shape index (κ3) is 5.07. The van der Waals surface area contributed by atoms with Crippen molar-refractivity contribution in [2.45, 2.75) is 24.1 Å². The molecule has 0 aliphatic rings. The molecule has 3 heterocycles. The number of rotatable bonds is 7. The summed E-state index contributed by atoms with van der Waals surface area (Å²) in [6.45, 7) is 2.40. The van der Waals surface area contributed by atoms with Gasteiger partial charge >= 0.3 is 0 Å². The first-order chi connectivity index (χ1) is 12.1. The molecule has 5 nitrogen and oxygen atoms in total. The maximum atomic E-state index is 12.5. The highest BCUT2D eigenvalue weighted by Crippen LogP contribution is 2.24. The van der Waals surface area contributed by atoms with Crippen LogP contribution in [-0.2, 0) is 12.2 Å². The summed E-state index contributed by atoms with van der Waals surface area (Å²) in [5.41, 5.74) is 1.39. The molecule has 0 radical (unpaired) electrons. The van der Waals surface area contributed by atoms with Crippen LogP contribution in [0.5, 0.6) is 0 Å². The highest BCUT2D eigenvalue weighted by atomic mass is 35.5. The molecule has 130 valence electrons. The molecule has 3 rings (SSSR count). The Balaban J connectivity index is 1.58. The number of hydrogen-bond acceptors (Lipinski definition) is 6. The first-order valence-electron chi connectivity index (χ1n) is 7.64. The summed E-state index contributed by atoms with van der Waals surface area (Å²) in [4.78, 5) is 17.9. The van der Waals surface area contributed by atoms with Gasteiger partial charge in [-0.1, -0.05) is 28.5 Å². The summed E-state index contributed by atoms with van der Waals surface area (Å²) in [7, 11) is 0. The summed E-state index contributed by atoms with van der Waals surface area (Å²) in [6.07, 6.45) is 2.44. The van der Waals surface area contributed by atoms with Crippen LogP contribution in [-0.4, -0.2) is 22.6 Å². The third-order valence-electron chi connectivity index (χ3n) is 3.34. The Morgan fingerprint density at radius 1 is 1.40 bits per heavy atom. The van der Waals surface area contributed by atoms with Crippen LogP contribution in [0.3, 0.4) is 0 Å². The Labute approximate surface area is 158 Å². The van der Waals surface area contributed by atoms with Gasteiger partial charge in [-0.15, -0.1) is 11.3 Å². The van der Waals surface area contributed by atoms with Gasteiger partial charge in [0.2, 0.25) is 0 Å². The fourth-order valence-electron chi connectivity index (χ4n) is 2.19. The normalized spacial score (nSPS) is 10.8. The molecule has 0 saturated carbocycles. The van der Waals surface area contributed by atoms with Gasteiger partial charge in [-0.3, -0.25) is 4.79 Å². The maximum absolute atomic E-state index is 12.5. The quantitative estimate of drug-likeness (QED) is 0.604. The zero-order chi connectivity index (χ0) is 17.6. The van der Waals surface area contributed by atoms with E-state index in [4.69, 9.17) is 16.1 Å². The highest BCUT2D eigenvalue weighted by molar-refractivity contribution is 7.98. The van der Waals surface area contributed by atoms with Crippen molar-refractivity contribution in [2.75, 3.05) is 6.54 Å². The van der Waals surface area contributed by atoms with Gasteiger partial charge < -0.3 is 9.84 Å². The lowest BCUT2D eigenvalue weighted by atomic mass is 10.2. The van der Waals surface area contributed by atoms with E-state index in [1.54, 1.807) is 18.3 Å². The zero-order valence-corrected chi connectivity index (χ0v) is 15.9. The molecule has 3 aromatic rings. The first kappa shape index (κ1) is 18.0. The number of nitrogens with zero attached hydrogens (tertiary/aromatic N) is 2. The van der Waals surface area contributed by atoms with Crippen LogP contribution in [0.15, 0.2) is 46.1 Å². The van der Waals surface area contributed by atoms with Crippen LogP contribution in [0.1, 0.15) is 26.7 Å². The molecule has 0 aliphatic carbocycles. The maximum Gasteiger partial charge on any atom is 0.254 e. The van der Waals surface area contributed by atoms with Crippen LogP contribution in [0, 0.1) is 6.92 Å². The summed E-state index contributed by atoms with van der Waals surface area (Å²) in [5.74, 6) is 1.24. The van der Waals surface area contributed by atoms with Gasteiger partial charge in [0.05, 0.1) is 15.6 Å². The van der Waals surface area contributed by atoms with Crippen molar-refractivity contribution in [3.63, 3.8) is 0 Å². The van der Waals surface area contributed by atoms with Crippen LogP contribution >= 0.6 is 34.7 Å². The van der Waals surface area contributed by atoms with E-state index in [-0.39, 0.29) is 5.91 Å². The minimum atomic E-state index is -0.130. The lowest BCUT2D eigenvalue weighted by molar-refractivity contribution is 0.0950. The van der Waals surface area contributed by atoms with E-state index >= 15 is 0 Å². The topological polar surface area (TPSA) is 68.0 Å². The van der Waals surface area contributed by atoms with E-state index in [1.165, 1.54) is 23.1 Å². The molecular weight excluding hydrogens is 378 g/mol. The lowest BCUT2D eigenvalue weighted by Gasteiger charge is -2.08. The fourth-order valence-corrected chi connectivity index (χ4v) is 4.15. The van der Waals surface area contributed by atoms with Gasteiger partial charge in [0.25, 0.3) is 5.91 Å². The van der Waals surface area contributed by atoms with Gasteiger partial charge in [-0.05, 0) is 37.6 Å². The molecule has 1 N–H and O–H groups in total. The highest BCUT2D eigenvalue weighted by Gasteiger charge is 2.13. The van der Waals surface area contributed by atoms with Crippen molar-refractivity contribution in [3.05, 3.63) is 62.8 Å². The molecule has 0 unspecified atom stereocenters. The fraction of sp³-hybridized carbons (Fsp3) is 0.235. The smallest absolute Gasteiger partial charge is 0.254 e. The monoisotopic (exact) mass is 393 g/mol. The molecule has 0 fully saturated rings. The Bertz CT molecular complexity index is 863. The minimum absolute atomic E-state index is 0.130. The van der Waals surface area contributed by atoms with E-state index in [2.05, 4.69) is 15.5 Å². The van der Waals surface area contributed by atoms with Gasteiger partial charge in [0, 0.05) is 29.4 Å². The van der Waals surface area contributed by atoms with Crippen LogP contribution < -0.4 is 5.32 Å². The molecular formula is C17H16ClN3O2S2. The van der Waals surface area contributed by atoms with Gasteiger partial charge in [-0.2, -0.15) is 0 Å². The summed E-state index contributed by atoms with van der Waals surface area (Å²) in [5, 5.41) is 7.57. The number of aromatic nitrogens is 2. The van der Waals surface area contributed by atoms with Gasteiger partial charge in [0.1, 0.15) is 10.8 Å². The summed E-state index contributed by atoms with van der Waals surface area (Å²) < 4.78 is 5.82. The number of aryl methyl sites for hydroxylation is 1. The van der Waals surface area contributed by atoms with Crippen LogP contribution in [0.25, 0.3) is 0 Å². The Hall–Kier alpha value is -1.83. The van der Waals surface area contributed by atoms with Gasteiger partial charge in [0.15, 0.2) is 0 Å². The lowest BCUT2D eigenvalue weighted by Crippen LogP contribution is -2.26. The number of carbonyl (C=O) groups is 1. The molecule has 25 heavy (non-hydrogen) atoms. The Morgan fingerprint density at radius 2 is 2.28 bits per heavy atom. The SMILES string of the molecule is Cc1cc(CSc2ncccc2C(=O)NCCc2ccc(Cl)s2)no1. The number of thioether (sulfide) groups is 1. The molecule has 0 spiro atoms. The van der Waals surface area contributed by atoms with Gasteiger partial charge in [-0.25, -0.2) is 4.98 Å². The van der Waals surface area contributed by atoms with E-state index in [1.807, 2.05) is 25.1 Å². The molecule has 0 aromatic carbocycles. The standard InChI is InChI=1S/C17H16ClN3O2S2/c1-11-9-12(21-23-11)10-24-17-14(3-2-7-20-17)16(22)19-8-6-13-4-5-15(18)25-13/h2-5,7,9H,6,8,10H2,1H3,(H,19,22). The molecule has 1 amide bonds. The third-order valence-corrected chi connectivity index (χ3v) is 5.66. The number of nitrogens with one attached hydrogen (secondary N) is 1. The molecule has 3 aromatic heterocycles. The van der Waals surface area contributed by atoms with Crippen molar-refractivity contribution in [2.24, 2.45) is 0 Å². The number of halogens is 1. The van der Waals surface area contributed by atoms with Crippen LogP contribution in [0.2, 0.25) is 4.34 Å². The number of amides is 1. The Kier molecular flexibility index (Phi) is 6.12. The second-order valence-corrected chi connectivity index (χ2v) is 8.05. The van der Waals surface area contributed by atoms with E-state index in [0.717, 1.165) is 27.1 Å². The zero-order valence-electron chi connectivity index (χ0n) is 13.5. The summed E-state index contributed by atoms with van der Waals surface area (Å²) in [6, 6.07) is 9.26. The second-order valence-electron chi connectivity index (χ2n) is 5.29. The van der Waals surface area contributed by atoms with Crippen molar-refractivity contribution in [1.82, 2.24) is 15.5 Å². The van der Waals surface area contributed by atoms with E-state index in [9.17, 15) is 4.79 Å². The van der Waals surface area contributed by atoms with E-state index in [0.29, 0.717) is 22.9 Å². The molecule has 8 heteroatoms. The Morgan fingerprint density at radius 3 is 3.00 bits per heavy atom. The molecule has 0 saturated heterocycles. The predicted octanol–water partition coefficient (Wildman–Crippen LogP) is 4.36. The van der Waals surface area contributed by atoms with Crippen molar-refractivity contribution >= 4 is 40.6 Å². The number of pyridine rings is 1. The molecule has 0 bridgehead atoms. The number of carbonyl (C=O) groups excluding carboxylic acids is 1. The molecule has 0 aliphatic heterocycles. The largest absolute Gasteiger partial charge is 0.361 e. The average molecular weight is 394 g/mol. The molecule has 0 atom stereocenters. The van der Waals surface area contributed by atoms with Crippen molar-refractivity contribution < 1.29 is 9.32 Å². The predicted molar refractivity (Wildman–Crippen MR) is 100 cm³/mol. The minimum Gasteiger partial charge on any atom is -0.361 e. The second kappa shape index (κ2) is 8.51. The van der Waals surface area contributed by atoms with Crippen LogP contribution in [0.4, 0.5) is 0 Å². The summed E-state index contributed by atoms with van der Waals surface area (Å²) >= 11 is 8.91. The first-order valence-corrected chi connectivity index (χ1v) is 9.82. The van der Waals surface area contributed by atoms with Crippen molar-refractivity contribution in [1.29, 1.82) is 0 Å². The number of thiophene rings is 1.